The first-order valence-electron chi connectivity index (χ1n) is 13.5. The van der Waals surface area contributed by atoms with E-state index in [1.807, 2.05) is 30.3 Å². The molecule has 1 rings (SSSR count). The average molecular weight is 563 g/mol. The van der Waals surface area contributed by atoms with Gasteiger partial charge in [-0.2, -0.15) is 0 Å². The SMILES string of the molecule is C[Si](C)(C)OCCOCCOCCOCCOCCOCCOCCOCCOCCOc1ccccc1. The average Bonchev–Trinajstić information content (AvgIpc) is 2.90. The molecule has 0 aromatic heterocycles. The second-order valence-electron chi connectivity index (χ2n) is 9.02. The van der Waals surface area contributed by atoms with Gasteiger partial charge in [0.2, 0.25) is 0 Å². The molecule has 10 nitrogen and oxygen atoms in total. The fourth-order valence-electron chi connectivity index (χ4n) is 2.78. The van der Waals surface area contributed by atoms with Crippen LogP contribution in [0, 0.1) is 0 Å². The van der Waals surface area contributed by atoms with Gasteiger partial charge in [-0.1, -0.05) is 18.2 Å². The van der Waals surface area contributed by atoms with Crippen LogP contribution in [0.4, 0.5) is 0 Å². The lowest BCUT2D eigenvalue weighted by Crippen LogP contribution is -2.27. The minimum atomic E-state index is -1.44. The third kappa shape index (κ3) is 26.5. The van der Waals surface area contributed by atoms with Gasteiger partial charge in [0.1, 0.15) is 12.4 Å². The summed E-state index contributed by atoms with van der Waals surface area (Å²) in [5, 5.41) is 0. The Morgan fingerprint density at radius 2 is 0.684 bits per heavy atom. The van der Waals surface area contributed by atoms with E-state index in [1.54, 1.807) is 0 Å². The second-order valence-corrected chi connectivity index (χ2v) is 13.5. The van der Waals surface area contributed by atoms with Gasteiger partial charge in [0.25, 0.3) is 0 Å². The molecule has 0 saturated heterocycles. The Balaban J connectivity index is 1.64. The van der Waals surface area contributed by atoms with Crippen LogP contribution in [0.2, 0.25) is 19.6 Å². The molecule has 0 aliphatic heterocycles. The zero-order valence-electron chi connectivity index (χ0n) is 23.7. The molecule has 0 aliphatic rings. The van der Waals surface area contributed by atoms with Crippen LogP contribution in [0.1, 0.15) is 0 Å². The predicted molar refractivity (Wildman–Crippen MR) is 148 cm³/mol. The van der Waals surface area contributed by atoms with Crippen LogP contribution in [-0.2, 0) is 42.3 Å². The van der Waals surface area contributed by atoms with Gasteiger partial charge in [-0.15, -0.1) is 0 Å². The first-order chi connectivity index (χ1) is 18.6. The van der Waals surface area contributed by atoms with Crippen LogP contribution in [0.5, 0.6) is 5.75 Å². The van der Waals surface area contributed by atoms with Crippen molar-refractivity contribution in [1.29, 1.82) is 0 Å². The fourth-order valence-corrected chi connectivity index (χ4v) is 3.48. The predicted octanol–water partition coefficient (Wildman–Crippen LogP) is 3.05. The maximum atomic E-state index is 5.71. The summed E-state index contributed by atoms with van der Waals surface area (Å²) in [4.78, 5) is 0. The van der Waals surface area contributed by atoms with Crippen LogP contribution >= 0.6 is 0 Å². The molecule has 0 heterocycles. The van der Waals surface area contributed by atoms with Gasteiger partial charge in [-0.3, -0.25) is 0 Å². The highest BCUT2D eigenvalue weighted by Crippen LogP contribution is 2.07. The Morgan fingerprint density at radius 3 is 1.00 bits per heavy atom. The van der Waals surface area contributed by atoms with E-state index >= 15 is 0 Å². The lowest BCUT2D eigenvalue weighted by Gasteiger charge is -2.16. The van der Waals surface area contributed by atoms with Crippen molar-refractivity contribution in [3.63, 3.8) is 0 Å². The highest BCUT2D eigenvalue weighted by Gasteiger charge is 2.13. The molecule has 0 atom stereocenters. The molecule has 0 fully saturated rings. The van der Waals surface area contributed by atoms with Crippen molar-refractivity contribution in [3.05, 3.63) is 30.3 Å². The normalized spacial score (nSPS) is 11.8. The minimum Gasteiger partial charge on any atom is -0.491 e. The molecule has 1 aromatic rings. The van der Waals surface area contributed by atoms with Crippen molar-refractivity contribution < 1.29 is 47.1 Å². The summed E-state index contributed by atoms with van der Waals surface area (Å²) in [5.74, 6) is 0.848. The minimum absolute atomic E-state index is 0.522. The maximum absolute atomic E-state index is 5.71. The molecular formula is C27H50O10Si. The molecule has 11 heteroatoms. The standard InChI is InChI=1S/C27H50O10Si/c1-38(2,3)37-26-24-35-22-20-33-18-16-31-14-12-29-10-9-28-11-13-30-15-17-32-19-21-34-23-25-36-27-7-5-4-6-8-27/h4-8H,9-26H2,1-3H3. The number of rotatable bonds is 29. The molecule has 0 saturated carbocycles. The Labute approximate surface area is 230 Å². The van der Waals surface area contributed by atoms with E-state index in [0.29, 0.717) is 119 Å². The number of hydrogen-bond acceptors (Lipinski definition) is 10. The van der Waals surface area contributed by atoms with E-state index in [1.165, 1.54) is 0 Å². The van der Waals surface area contributed by atoms with E-state index in [-0.39, 0.29) is 0 Å². The molecule has 0 unspecified atom stereocenters. The first kappa shape index (κ1) is 34.9. The maximum Gasteiger partial charge on any atom is 0.183 e. The lowest BCUT2D eigenvalue weighted by molar-refractivity contribution is -0.0241. The van der Waals surface area contributed by atoms with Crippen LogP contribution < -0.4 is 4.74 Å². The molecule has 222 valence electrons. The number of benzene rings is 1. The van der Waals surface area contributed by atoms with E-state index in [4.69, 9.17) is 47.1 Å². The number of para-hydroxylation sites is 1. The highest BCUT2D eigenvalue weighted by atomic mass is 28.4. The molecule has 0 aliphatic carbocycles. The van der Waals surface area contributed by atoms with Crippen molar-refractivity contribution >= 4 is 8.32 Å². The molecule has 38 heavy (non-hydrogen) atoms. The molecular weight excluding hydrogens is 512 g/mol. The van der Waals surface area contributed by atoms with Gasteiger partial charge >= 0.3 is 0 Å². The van der Waals surface area contributed by atoms with Crippen molar-refractivity contribution in [1.82, 2.24) is 0 Å². The summed E-state index contributed by atoms with van der Waals surface area (Å²) in [7, 11) is -1.44. The number of hydrogen-bond donors (Lipinski definition) is 0. The van der Waals surface area contributed by atoms with E-state index in [9.17, 15) is 0 Å². The Kier molecular flexibility index (Phi) is 24.0. The smallest absolute Gasteiger partial charge is 0.183 e. The van der Waals surface area contributed by atoms with E-state index < -0.39 is 8.32 Å². The molecule has 1 aromatic carbocycles. The summed E-state index contributed by atoms with van der Waals surface area (Å²) in [5.41, 5.74) is 0. The zero-order chi connectivity index (χ0) is 27.4. The summed E-state index contributed by atoms with van der Waals surface area (Å²) in [6.45, 7) is 16.3. The third-order valence-electron chi connectivity index (χ3n) is 4.61. The van der Waals surface area contributed by atoms with Crippen molar-refractivity contribution in [2.45, 2.75) is 19.6 Å². The van der Waals surface area contributed by atoms with Crippen molar-refractivity contribution in [3.8, 4) is 5.75 Å². The molecule has 0 N–H and O–H groups in total. The van der Waals surface area contributed by atoms with Gasteiger partial charge in [-0.05, 0) is 31.8 Å². The van der Waals surface area contributed by atoms with Crippen molar-refractivity contribution in [2.24, 2.45) is 0 Å². The van der Waals surface area contributed by atoms with Crippen LogP contribution in [0.15, 0.2) is 30.3 Å². The highest BCUT2D eigenvalue weighted by molar-refractivity contribution is 6.69. The van der Waals surface area contributed by atoms with Gasteiger partial charge in [0, 0.05) is 0 Å². The van der Waals surface area contributed by atoms with Gasteiger partial charge in [-0.25, -0.2) is 0 Å². The number of ether oxygens (including phenoxy) is 9. The summed E-state index contributed by atoms with van der Waals surface area (Å²) < 4.78 is 55.0. The molecule has 0 bridgehead atoms. The largest absolute Gasteiger partial charge is 0.491 e. The molecule has 0 radical (unpaired) electrons. The summed E-state index contributed by atoms with van der Waals surface area (Å²) in [6, 6.07) is 9.68. The third-order valence-corrected chi connectivity index (χ3v) is 5.68. The first-order valence-corrected chi connectivity index (χ1v) is 16.9. The lowest BCUT2D eigenvalue weighted by atomic mass is 10.3. The zero-order valence-corrected chi connectivity index (χ0v) is 24.7. The Hall–Kier alpha value is -1.12. The van der Waals surface area contributed by atoms with Gasteiger partial charge < -0.3 is 47.1 Å². The molecule has 0 amide bonds. The van der Waals surface area contributed by atoms with Crippen molar-refractivity contribution in [2.75, 3.05) is 119 Å². The summed E-state index contributed by atoms with van der Waals surface area (Å²) in [6.07, 6.45) is 0. The van der Waals surface area contributed by atoms with Gasteiger partial charge in [0.15, 0.2) is 8.32 Å². The fraction of sp³-hybridized carbons (Fsp3) is 0.778. The van der Waals surface area contributed by atoms with E-state index in [0.717, 1.165) is 5.75 Å². The topological polar surface area (TPSA) is 92.3 Å². The van der Waals surface area contributed by atoms with Crippen LogP contribution in [0.3, 0.4) is 0 Å². The monoisotopic (exact) mass is 562 g/mol. The molecule has 0 spiro atoms. The summed E-state index contributed by atoms with van der Waals surface area (Å²) >= 11 is 0. The quantitative estimate of drug-likeness (QED) is 0.107. The second kappa shape index (κ2) is 26.1. The van der Waals surface area contributed by atoms with Crippen LogP contribution in [-0.4, -0.2) is 127 Å². The van der Waals surface area contributed by atoms with Gasteiger partial charge in [0.05, 0.1) is 112 Å². The Morgan fingerprint density at radius 1 is 0.395 bits per heavy atom. The van der Waals surface area contributed by atoms with Crippen LogP contribution in [0.25, 0.3) is 0 Å². The Bertz CT molecular complexity index is 603. The van der Waals surface area contributed by atoms with E-state index in [2.05, 4.69) is 19.6 Å².